The highest BCUT2D eigenvalue weighted by molar-refractivity contribution is 7.96. The fourth-order valence-electron chi connectivity index (χ4n) is 3.21. The number of thiol groups is 1. The van der Waals surface area contributed by atoms with Crippen molar-refractivity contribution in [2.75, 3.05) is 26.8 Å². The number of methoxy groups -OCH3 is 1. The Balaban J connectivity index is 2.12. The molecule has 0 aliphatic carbocycles. The monoisotopic (exact) mass is 380 g/mol. The van der Waals surface area contributed by atoms with Gasteiger partial charge in [0.25, 0.3) is 5.24 Å². The van der Waals surface area contributed by atoms with Crippen LogP contribution in [0.5, 0.6) is 0 Å². The van der Waals surface area contributed by atoms with Crippen LogP contribution in [0.3, 0.4) is 0 Å². The van der Waals surface area contributed by atoms with Gasteiger partial charge >= 0.3 is 12.1 Å². The second-order valence-corrected chi connectivity index (χ2v) is 6.42. The molecule has 2 amide bonds. The van der Waals surface area contributed by atoms with E-state index in [1.54, 1.807) is 4.90 Å². The van der Waals surface area contributed by atoms with Gasteiger partial charge in [-0.1, -0.05) is 43.0 Å². The number of carbonyl (C=O) groups excluding carboxylic acids is 3. The van der Waals surface area contributed by atoms with Crippen LogP contribution in [0.1, 0.15) is 30.7 Å². The number of piperidine rings is 1. The minimum absolute atomic E-state index is 0.0442. The molecular formula is C18H24N2O5S. The third kappa shape index (κ3) is 5.39. The zero-order valence-electron chi connectivity index (χ0n) is 14.7. The summed E-state index contributed by atoms with van der Waals surface area (Å²) in [6.07, 6.45) is 1.97. The van der Waals surface area contributed by atoms with Crippen LogP contribution in [0, 0.1) is 0 Å². The predicted molar refractivity (Wildman–Crippen MR) is 99.3 cm³/mol. The number of carbonyl (C=O) groups is 3. The molecule has 2 atom stereocenters. The van der Waals surface area contributed by atoms with Gasteiger partial charge in [0.1, 0.15) is 12.5 Å². The summed E-state index contributed by atoms with van der Waals surface area (Å²) in [7, 11) is 1.35. The lowest BCUT2D eigenvalue weighted by Crippen LogP contribution is -2.49. The van der Waals surface area contributed by atoms with Gasteiger partial charge < -0.3 is 19.7 Å². The summed E-state index contributed by atoms with van der Waals surface area (Å²) in [5.74, 6) is -0.936. The number of nitrogens with one attached hydrogen (secondary N) is 1. The highest BCUT2D eigenvalue weighted by Gasteiger charge is 2.39. The van der Waals surface area contributed by atoms with Crippen molar-refractivity contribution >= 4 is 29.9 Å². The zero-order chi connectivity index (χ0) is 18.9. The summed E-state index contributed by atoms with van der Waals surface area (Å²) < 4.78 is 10.2. The first kappa shape index (κ1) is 20.1. The van der Waals surface area contributed by atoms with E-state index in [1.807, 2.05) is 30.3 Å². The van der Waals surface area contributed by atoms with Crippen LogP contribution in [0.25, 0.3) is 0 Å². The maximum absolute atomic E-state index is 12.5. The summed E-state index contributed by atoms with van der Waals surface area (Å²) in [4.78, 5) is 37.3. The van der Waals surface area contributed by atoms with Crippen molar-refractivity contribution in [1.82, 2.24) is 10.2 Å². The lowest BCUT2D eigenvalue weighted by molar-refractivity contribution is -0.144. The van der Waals surface area contributed by atoms with Crippen molar-refractivity contribution in [3.8, 4) is 0 Å². The number of rotatable bonds is 6. The third-order valence-corrected chi connectivity index (χ3v) is 4.54. The number of likely N-dealkylation sites (tertiary alicyclic amines) is 1. The van der Waals surface area contributed by atoms with Gasteiger partial charge in [0.2, 0.25) is 0 Å². The lowest BCUT2D eigenvalue weighted by atomic mass is 9.85. The molecule has 2 unspecified atom stereocenters. The first-order valence-electron chi connectivity index (χ1n) is 8.57. The predicted octanol–water partition coefficient (Wildman–Crippen LogP) is 2.57. The number of nitrogens with zero attached hydrogens (tertiary/aromatic N) is 1. The summed E-state index contributed by atoms with van der Waals surface area (Å²) in [6, 6.07) is 8.99. The molecule has 1 saturated heterocycles. The second kappa shape index (κ2) is 10.1. The molecule has 26 heavy (non-hydrogen) atoms. The molecule has 1 fully saturated rings. The Morgan fingerprint density at radius 3 is 2.65 bits per heavy atom. The first-order valence-corrected chi connectivity index (χ1v) is 9.02. The van der Waals surface area contributed by atoms with E-state index < -0.39 is 17.3 Å². The van der Waals surface area contributed by atoms with E-state index in [0.29, 0.717) is 13.0 Å². The molecular weight excluding hydrogens is 356 g/mol. The van der Waals surface area contributed by atoms with Crippen LogP contribution in [0.4, 0.5) is 9.59 Å². The molecule has 1 N–H and O–H groups in total. The van der Waals surface area contributed by atoms with Crippen LogP contribution in [0.15, 0.2) is 30.3 Å². The quantitative estimate of drug-likeness (QED) is 0.450. The fraction of sp³-hybridized carbons (Fsp3) is 0.500. The van der Waals surface area contributed by atoms with Gasteiger partial charge in [0.05, 0.1) is 19.7 Å². The summed E-state index contributed by atoms with van der Waals surface area (Å²) >= 11 is 3.59. The van der Waals surface area contributed by atoms with Crippen molar-refractivity contribution in [2.45, 2.75) is 31.2 Å². The van der Waals surface area contributed by atoms with Crippen molar-refractivity contribution in [3.05, 3.63) is 35.9 Å². The average molecular weight is 380 g/mol. The summed E-state index contributed by atoms with van der Waals surface area (Å²) in [6.45, 7) is 0.747. The van der Waals surface area contributed by atoms with E-state index in [1.165, 1.54) is 7.11 Å². The molecule has 1 aliphatic heterocycles. The molecule has 1 aromatic carbocycles. The normalized spacial score (nSPS) is 17.9. The average Bonchev–Trinajstić information content (AvgIpc) is 2.66. The van der Waals surface area contributed by atoms with Crippen molar-refractivity contribution in [3.63, 3.8) is 0 Å². The lowest BCUT2D eigenvalue weighted by Gasteiger charge is -2.38. The van der Waals surface area contributed by atoms with Crippen molar-refractivity contribution in [1.29, 1.82) is 0 Å². The molecule has 0 spiro atoms. The van der Waals surface area contributed by atoms with E-state index in [4.69, 9.17) is 9.47 Å². The Morgan fingerprint density at radius 2 is 2.00 bits per heavy atom. The van der Waals surface area contributed by atoms with E-state index in [2.05, 4.69) is 17.9 Å². The fourth-order valence-corrected chi connectivity index (χ4v) is 3.32. The minimum atomic E-state index is -0.564. The molecule has 0 aromatic heterocycles. The smallest absolute Gasteiger partial charge is 0.410 e. The third-order valence-electron chi connectivity index (χ3n) is 4.39. The molecule has 142 valence electrons. The van der Waals surface area contributed by atoms with Gasteiger partial charge in [0, 0.05) is 6.54 Å². The van der Waals surface area contributed by atoms with Gasteiger partial charge in [-0.3, -0.25) is 9.59 Å². The Labute approximate surface area is 158 Å². The van der Waals surface area contributed by atoms with Crippen LogP contribution in [-0.2, 0) is 14.3 Å². The number of esters is 1. The minimum Gasteiger partial charge on any atom is -0.468 e. The molecule has 1 heterocycles. The Morgan fingerprint density at radius 1 is 1.27 bits per heavy atom. The number of hydrogen-bond acceptors (Lipinski definition) is 5. The maximum Gasteiger partial charge on any atom is 0.410 e. The number of amides is 2. The van der Waals surface area contributed by atoms with Gasteiger partial charge in [0.15, 0.2) is 0 Å². The van der Waals surface area contributed by atoms with Crippen molar-refractivity contribution in [2.24, 2.45) is 0 Å². The zero-order valence-corrected chi connectivity index (χ0v) is 15.6. The second-order valence-electron chi connectivity index (χ2n) is 6.01. The van der Waals surface area contributed by atoms with Gasteiger partial charge in [-0.2, -0.15) is 0 Å². The van der Waals surface area contributed by atoms with E-state index in [-0.39, 0.29) is 25.2 Å². The highest BCUT2D eigenvalue weighted by Crippen LogP contribution is 2.32. The SMILES string of the molecule is COC(=O)C(c1ccccc1)C1CCCCN1C(=O)OCCNC(=O)S. The van der Waals surface area contributed by atoms with Crippen LogP contribution >= 0.6 is 12.6 Å². The van der Waals surface area contributed by atoms with Gasteiger partial charge in [-0.25, -0.2) is 4.79 Å². The first-order chi connectivity index (χ1) is 12.5. The Kier molecular flexibility index (Phi) is 7.77. The molecule has 1 aromatic rings. The van der Waals surface area contributed by atoms with E-state index >= 15 is 0 Å². The maximum atomic E-state index is 12.5. The highest BCUT2D eigenvalue weighted by atomic mass is 32.1. The molecule has 0 saturated carbocycles. The van der Waals surface area contributed by atoms with Crippen LogP contribution < -0.4 is 5.32 Å². The summed E-state index contributed by atoms with van der Waals surface area (Å²) in [5.41, 5.74) is 0.811. The molecule has 7 nitrogen and oxygen atoms in total. The molecule has 8 heteroatoms. The Hall–Kier alpha value is -2.22. The van der Waals surface area contributed by atoms with E-state index in [0.717, 1.165) is 18.4 Å². The van der Waals surface area contributed by atoms with Gasteiger partial charge in [-0.15, -0.1) is 0 Å². The van der Waals surface area contributed by atoms with E-state index in [9.17, 15) is 14.4 Å². The standard InChI is InChI=1S/C18H24N2O5S/c1-24-16(21)15(13-7-3-2-4-8-13)14-9-5-6-11-20(14)18(23)25-12-10-19-17(22)26/h2-4,7-8,14-15H,5-6,9-12H2,1H3,(H2,19,22,26). The summed E-state index contributed by atoms with van der Waals surface area (Å²) in [5, 5.41) is 1.97. The number of hydrogen-bond donors (Lipinski definition) is 2. The molecule has 0 bridgehead atoms. The number of benzene rings is 1. The van der Waals surface area contributed by atoms with Crippen molar-refractivity contribution < 1.29 is 23.9 Å². The van der Waals surface area contributed by atoms with Gasteiger partial charge in [-0.05, 0) is 24.8 Å². The van der Waals surface area contributed by atoms with Crippen LogP contribution in [-0.4, -0.2) is 55.0 Å². The Bertz CT molecular complexity index is 625. The molecule has 0 radical (unpaired) electrons. The molecule has 1 aliphatic rings. The molecule has 2 rings (SSSR count). The number of ether oxygens (including phenoxy) is 2. The topological polar surface area (TPSA) is 84.9 Å². The van der Waals surface area contributed by atoms with Crippen LogP contribution in [0.2, 0.25) is 0 Å². The largest absolute Gasteiger partial charge is 0.468 e.